The largest absolute Gasteiger partial charge is 0.494 e. The van der Waals surface area contributed by atoms with Crippen molar-refractivity contribution in [3.8, 4) is 40.4 Å². The first kappa shape index (κ1) is 56.1. The van der Waals surface area contributed by atoms with E-state index in [0.717, 1.165) is 24.8 Å². The minimum absolute atomic E-state index is 0.0818. The molecular formula is C59H73F2N3O10. The molecule has 74 heavy (non-hydrogen) atoms. The second-order valence-electron chi connectivity index (χ2n) is 19.4. The van der Waals surface area contributed by atoms with Crippen LogP contribution in [0.5, 0.6) is 40.4 Å². The highest BCUT2D eigenvalue weighted by molar-refractivity contribution is 6.05. The first-order valence-corrected chi connectivity index (χ1v) is 25.3. The fraction of sp³-hybridized carbons (Fsp3) is 0.424. The standard InChI is InChI=1S/C29H34FNO5.C28H33FN2O5.C2H6/c1-18-13-19-7-6-10-29(2,3)23(19)15-20(18)14-21-8-9-24(36-21)28(32)31-27-25(33-4)16-22(35-12-11-30)17-26(27)34-5;1-17-13-18-9-10-28(2,3)20(18)16-22(17)36-25-8-7-21(35-25)27(32)31-26-23(33-4)14-19(15-24(26)34-5)30-12-6-11-29;1-2/h8-9,13,15-17H,6-7,10-12,14H2,1-5H3,(H,31,32);7-8,13-16,30H,6,9-12H2,1-5H3,(H,31,32);1-2H3. The Balaban J connectivity index is 0.000000233. The SMILES string of the molecule is CC.COc1cc(NCCCF)cc(OC)c1NC(=O)c1ccc(Oc2cc3c(cc2C)CCC3(C)C)o1.COc1cc(OCCF)cc(OC)c1NC(=O)c1ccc(Cc2cc3c(cc2C)CCCC3(C)C)o1. The summed E-state index contributed by atoms with van der Waals surface area (Å²) >= 11 is 0. The van der Waals surface area contributed by atoms with Crippen molar-refractivity contribution in [2.45, 2.75) is 111 Å². The molecule has 398 valence electrons. The molecule has 2 amide bonds. The highest BCUT2D eigenvalue weighted by atomic mass is 19.1. The van der Waals surface area contributed by atoms with E-state index < -0.39 is 25.2 Å². The first-order valence-electron chi connectivity index (χ1n) is 25.3. The molecular weight excluding hydrogens is 949 g/mol. The maximum absolute atomic E-state index is 13.0. The van der Waals surface area contributed by atoms with Crippen molar-refractivity contribution in [1.29, 1.82) is 0 Å². The van der Waals surface area contributed by atoms with Crippen LogP contribution in [0.15, 0.2) is 81.6 Å². The van der Waals surface area contributed by atoms with Crippen LogP contribution in [-0.2, 0) is 30.1 Å². The number of anilines is 3. The summed E-state index contributed by atoms with van der Waals surface area (Å²) in [6.07, 6.45) is 6.70. The molecule has 0 saturated heterocycles. The number of carbonyl (C=O) groups excluding carboxylic acids is 2. The third kappa shape index (κ3) is 13.3. The first-order chi connectivity index (χ1) is 35.5. The monoisotopic (exact) mass is 1020 g/mol. The molecule has 0 spiro atoms. The number of carbonyl (C=O) groups is 2. The Kier molecular flexibility index (Phi) is 19.1. The van der Waals surface area contributed by atoms with E-state index in [-0.39, 0.29) is 34.9 Å². The smallest absolute Gasteiger partial charge is 0.291 e. The van der Waals surface area contributed by atoms with Crippen LogP contribution in [0.4, 0.5) is 25.8 Å². The summed E-state index contributed by atoms with van der Waals surface area (Å²) in [5.74, 6) is 2.83. The van der Waals surface area contributed by atoms with Crippen molar-refractivity contribution in [3.05, 3.63) is 129 Å². The molecule has 2 heterocycles. The van der Waals surface area contributed by atoms with Gasteiger partial charge in [-0.15, -0.1) is 0 Å². The van der Waals surface area contributed by atoms with Crippen LogP contribution in [0.1, 0.15) is 133 Å². The van der Waals surface area contributed by atoms with E-state index in [9.17, 15) is 18.4 Å². The number of alkyl halides is 2. The van der Waals surface area contributed by atoms with Crippen molar-refractivity contribution >= 4 is 28.9 Å². The molecule has 0 saturated carbocycles. The number of amides is 2. The van der Waals surface area contributed by atoms with Gasteiger partial charge in [0.1, 0.15) is 64.9 Å². The molecule has 0 fully saturated rings. The van der Waals surface area contributed by atoms with E-state index in [1.165, 1.54) is 74.7 Å². The molecule has 0 atom stereocenters. The number of benzene rings is 4. The Labute approximate surface area is 434 Å². The van der Waals surface area contributed by atoms with Crippen molar-refractivity contribution in [2.75, 3.05) is 70.9 Å². The number of furan rings is 2. The Hall–Kier alpha value is -7.16. The lowest BCUT2D eigenvalue weighted by Crippen LogP contribution is -2.24. The van der Waals surface area contributed by atoms with Gasteiger partial charge in [0.15, 0.2) is 11.5 Å². The molecule has 13 nitrogen and oxygen atoms in total. The van der Waals surface area contributed by atoms with Gasteiger partial charge in [0, 0.05) is 49.0 Å². The molecule has 0 bridgehead atoms. The molecule has 0 radical (unpaired) electrons. The molecule has 2 aliphatic rings. The lowest BCUT2D eigenvalue weighted by molar-refractivity contribution is 0.0985. The van der Waals surface area contributed by atoms with Crippen molar-refractivity contribution in [3.63, 3.8) is 0 Å². The molecule has 0 aliphatic heterocycles. The second kappa shape index (κ2) is 25.2. The summed E-state index contributed by atoms with van der Waals surface area (Å²) in [5, 5.41) is 8.72. The molecule has 4 aromatic carbocycles. The normalized spacial score (nSPS) is 13.6. The highest BCUT2D eigenvalue weighted by Crippen LogP contribution is 2.44. The maximum atomic E-state index is 13.0. The van der Waals surface area contributed by atoms with Crippen LogP contribution < -0.4 is 44.4 Å². The molecule has 15 heteroatoms. The van der Waals surface area contributed by atoms with Crippen molar-refractivity contribution in [1.82, 2.24) is 0 Å². The van der Waals surface area contributed by atoms with Crippen LogP contribution >= 0.6 is 0 Å². The molecule has 0 unspecified atom stereocenters. The van der Waals surface area contributed by atoms with Gasteiger partial charge in [0.05, 0.1) is 35.1 Å². The van der Waals surface area contributed by atoms with Gasteiger partial charge in [-0.05, 0) is 126 Å². The number of hydrogen-bond donors (Lipinski definition) is 3. The predicted molar refractivity (Wildman–Crippen MR) is 287 cm³/mol. The van der Waals surface area contributed by atoms with Gasteiger partial charge in [0.25, 0.3) is 17.8 Å². The van der Waals surface area contributed by atoms with E-state index >= 15 is 0 Å². The molecule has 6 aromatic rings. The van der Waals surface area contributed by atoms with Crippen LogP contribution in [-0.4, -0.2) is 66.8 Å². The number of nitrogens with one attached hydrogen (secondary N) is 3. The molecule has 8 rings (SSSR count). The van der Waals surface area contributed by atoms with Gasteiger partial charge in [0.2, 0.25) is 0 Å². The van der Waals surface area contributed by atoms with E-state index in [1.54, 1.807) is 42.5 Å². The number of aryl methyl sites for hydroxylation is 4. The third-order valence-electron chi connectivity index (χ3n) is 13.4. The van der Waals surface area contributed by atoms with E-state index in [0.29, 0.717) is 76.7 Å². The van der Waals surface area contributed by atoms with E-state index in [2.05, 4.69) is 74.8 Å². The quantitative estimate of drug-likeness (QED) is 0.0665. The molecule has 2 aliphatic carbocycles. The van der Waals surface area contributed by atoms with Crippen LogP contribution in [0, 0.1) is 13.8 Å². The van der Waals surface area contributed by atoms with Crippen LogP contribution in [0.3, 0.4) is 0 Å². The Morgan fingerprint density at radius 2 is 1.19 bits per heavy atom. The molecule has 2 aromatic heterocycles. The van der Waals surface area contributed by atoms with Gasteiger partial charge in [-0.25, -0.2) is 4.39 Å². The minimum Gasteiger partial charge on any atom is -0.494 e. The Morgan fingerprint density at radius 1 is 0.635 bits per heavy atom. The summed E-state index contributed by atoms with van der Waals surface area (Å²) < 4.78 is 69.7. The fourth-order valence-electron chi connectivity index (χ4n) is 9.40. The zero-order chi connectivity index (χ0) is 53.7. The lowest BCUT2D eigenvalue weighted by atomic mass is 9.71. The van der Waals surface area contributed by atoms with Gasteiger partial charge in [-0.1, -0.05) is 59.7 Å². The van der Waals surface area contributed by atoms with Crippen molar-refractivity contribution < 1.29 is 55.6 Å². The van der Waals surface area contributed by atoms with Gasteiger partial charge < -0.3 is 53.2 Å². The summed E-state index contributed by atoms with van der Waals surface area (Å²) in [4.78, 5) is 26.0. The molecule has 3 N–H and O–H groups in total. The number of rotatable bonds is 19. The average Bonchev–Trinajstić information content (AvgIpc) is 4.14. The van der Waals surface area contributed by atoms with Gasteiger partial charge in [-0.2, -0.15) is 0 Å². The highest BCUT2D eigenvalue weighted by Gasteiger charge is 2.32. The average molecular weight is 1020 g/mol. The number of fused-ring (bicyclic) bond motifs is 2. The number of halogens is 2. The maximum Gasteiger partial charge on any atom is 0.291 e. The van der Waals surface area contributed by atoms with Gasteiger partial charge in [-0.3, -0.25) is 14.0 Å². The summed E-state index contributed by atoms with van der Waals surface area (Å²) in [5.41, 5.74) is 10.6. The van der Waals surface area contributed by atoms with E-state index in [4.69, 9.17) is 37.3 Å². The minimum atomic E-state index is -0.618. The van der Waals surface area contributed by atoms with E-state index in [1.807, 2.05) is 26.8 Å². The summed E-state index contributed by atoms with van der Waals surface area (Å²) in [7, 11) is 5.93. The fourth-order valence-corrected chi connectivity index (χ4v) is 9.40. The van der Waals surface area contributed by atoms with Crippen molar-refractivity contribution in [2.24, 2.45) is 0 Å². The Bertz CT molecular complexity index is 2830. The predicted octanol–water partition coefficient (Wildman–Crippen LogP) is 14.1. The number of methoxy groups -OCH3 is 4. The third-order valence-corrected chi connectivity index (χ3v) is 13.4. The summed E-state index contributed by atoms with van der Waals surface area (Å²) in [6, 6.07) is 22.1. The lowest BCUT2D eigenvalue weighted by Gasteiger charge is -2.33. The number of hydrogen-bond acceptors (Lipinski definition) is 11. The summed E-state index contributed by atoms with van der Waals surface area (Å²) in [6.45, 7) is 16.6. The van der Waals surface area contributed by atoms with Crippen LogP contribution in [0.25, 0.3) is 0 Å². The second-order valence-corrected chi connectivity index (χ2v) is 19.4. The zero-order valence-corrected chi connectivity index (χ0v) is 45.0. The zero-order valence-electron chi connectivity index (χ0n) is 45.0. The Morgan fingerprint density at radius 3 is 1.80 bits per heavy atom. The topological polar surface area (TPSA) is 152 Å². The number of ether oxygens (including phenoxy) is 6. The van der Waals surface area contributed by atoms with Crippen LogP contribution in [0.2, 0.25) is 0 Å². The van der Waals surface area contributed by atoms with Gasteiger partial charge >= 0.3 is 0 Å².